The molecule has 2 rings (SSSR count). The lowest BCUT2D eigenvalue weighted by Gasteiger charge is -2.32. The number of piperidine rings is 1. The lowest BCUT2D eigenvalue weighted by atomic mass is 9.93. The van der Waals surface area contributed by atoms with Gasteiger partial charge >= 0.3 is 0 Å². The minimum absolute atomic E-state index is 0.106. The third kappa shape index (κ3) is 4.47. The van der Waals surface area contributed by atoms with Crippen molar-refractivity contribution in [1.82, 2.24) is 10.2 Å². The molecule has 0 atom stereocenters. The van der Waals surface area contributed by atoms with Crippen molar-refractivity contribution in [1.29, 1.82) is 0 Å². The van der Waals surface area contributed by atoms with E-state index in [0.29, 0.717) is 0 Å². The normalized spacial score (nSPS) is 15.9. The van der Waals surface area contributed by atoms with Gasteiger partial charge in [-0.1, -0.05) is 18.2 Å². The number of hydrogen-bond acceptors (Lipinski definition) is 3. The Morgan fingerprint density at radius 1 is 1.27 bits per heavy atom. The highest BCUT2D eigenvalue weighted by atomic mass is 16.5. The first kappa shape index (κ1) is 16.8. The average Bonchev–Trinajstić information content (AvgIpc) is 2.52. The first-order valence-electron chi connectivity index (χ1n) is 8.23. The van der Waals surface area contributed by atoms with Gasteiger partial charge in [0.25, 0.3) is 5.91 Å². The average molecular weight is 304 g/mol. The number of carbonyl (C=O) groups is 1. The molecule has 1 aromatic carbocycles. The van der Waals surface area contributed by atoms with Crippen molar-refractivity contribution in [3.63, 3.8) is 0 Å². The van der Waals surface area contributed by atoms with Crippen molar-refractivity contribution in [3.05, 3.63) is 29.3 Å². The minimum Gasteiger partial charge on any atom is -0.483 e. The standard InChI is InChI=1S/C18H28N2O2/c1-14-5-4-6-15(2)18(14)22-13-17(21)20-11-8-16(9-12-20)7-10-19-3/h4-6,16,19H,7-13H2,1-3H3. The number of rotatable bonds is 6. The molecule has 1 amide bonds. The lowest BCUT2D eigenvalue weighted by Crippen LogP contribution is -2.41. The van der Waals surface area contributed by atoms with Gasteiger partial charge in [0.2, 0.25) is 0 Å². The highest BCUT2D eigenvalue weighted by molar-refractivity contribution is 5.78. The maximum atomic E-state index is 12.3. The van der Waals surface area contributed by atoms with Gasteiger partial charge in [0.1, 0.15) is 5.75 Å². The van der Waals surface area contributed by atoms with Gasteiger partial charge in [0.15, 0.2) is 6.61 Å². The number of nitrogens with zero attached hydrogens (tertiary/aromatic N) is 1. The van der Waals surface area contributed by atoms with Crippen LogP contribution in [0.4, 0.5) is 0 Å². The first-order valence-corrected chi connectivity index (χ1v) is 8.23. The molecule has 0 saturated carbocycles. The van der Waals surface area contributed by atoms with E-state index in [9.17, 15) is 4.79 Å². The number of benzene rings is 1. The number of carbonyl (C=O) groups excluding carboxylic acids is 1. The monoisotopic (exact) mass is 304 g/mol. The van der Waals surface area contributed by atoms with Crippen LogP contribution in [0.25, 0.3) is 0 Å². The van der Waals surface area contributed by atoms with E-state index >= 15 is 0 Å². The molecule has 1 heterocycles. The molecule has 22 heavy (non-hydrogen) atoms. The number of hydrogen-bond donors (Lipinski definition) is 1. The Bertz CT molecular complexity index is 474. The first-order chi connectivity index (χ1) is 10.6. The van der Waals surface area contributed by atoms with E-state index in [2.05, 4.69) is 5.32 Å². The second-order valence-corrected chi connectivity index (χ2v) is 6.23. The molecule has 4 nitrogen and oxygen atoms in total. The second-order valence-electron chi connectivity index (χ2n) is 6.23. The fourth-order valence-electron chi connectivity index (χ4n) is 3.07. The molecule has 0 aromatic heterocycles. The Kier molecular flexibility index (Phi) is 6.25. The van der Waals surface area contributed by atoms with Gasteiger partial charge in [-0.2, -0.15) is 0 Å². The van der Waals surface area contributed by atoms with Gasteiger partial charge in [-0.15, -0.1) is 0 Å². The Morgan fingerprint density at radius 3 is 2.50 bits per heavy atom. The van der Waals surface area contributed by atoms with Crippen molar-refractivity contribution < 1.29 is 9.53 Å². The molecule has 1 aliphatic heterocycles. The number of aryl methyl sites for hydroxylation is 2. The predicted molar refractivity (Wildman–Crippen MR) is 89.3 cm³/mol. The predicted octanol–water partition coefficient (Wildman–Crippen LogP) is 2.53. The van der Waals surface area contributed by atoms with Gasteiger partial charge in [-0.05, 0) is 63.7 Å². The summed E-state index contributed by atoms with van der Waals surface area (Å²) in [4.78, 5) is 14.3. The quantitative estimate of drug-likeness (QED) is 0.878. The fraction of sp³-hybridized carbons (Fsp3) is 0.611. The Morgan fingerprint density at radius 2 is 1.91 bits per heavy atom. The second kappa shape index (κ2) is 8.18. The summed E-state index contributed by atoms with van der Waals surface area (Å²) in [6.07, 6.45) is 3.42. The molecule has 1 aromatic rings. The number of nitrogens with one attached hydrogen (secondary N) is 1. The van der Waals surface area contributed by atoms with Crippen LogP contribution in [0.1, 0.15) is 30.4 Å². The van der Waals surface area contributed by atoms with Crippen molar-refractivity contribution in [2.24, 2.45) is 5.92 Å². The molecule has 0 radical (unpaired) electrons. The van der Waals surface area contributed by atoms with Gasteiger partial charge in [-0.25, -0.2) is 0 Å². The molecule has 1 aliphatic rings. The number of likely N-dealkylation sites (tertiary alicyclic amines) is 1. The molecule has 4 heteroatoms. The van der Waals surface area contributed by atoms with Crippen molar-refractivity contribution >= 4 is 5.91 Å². The maximum Gasteiger partial charge on any atom is 0.260 e. The summed E-state index contributed by atoms with van der Waals surface area (Å²) in [6, 6.07) is 6.04. The number of ether oxygens (including phenoxy) is 1. The zero-order valence-electron chi connectivity index (χ0n) is 14.0. The summed E-state index contributed by atoms with van der Waals surface area (Å²) in [5.74, 6) is 1.70. The number of para-hydroxylation sites is 1. The minimum atomic E-state index is 0.106. The van der Waals surface area contributed by atoms with Gasteiger partial charge in [0.05, 0.1) is 0 Å². The molecule has 0 bridgehead atoms. The molecular formula is C18H28N2O2. The lowest BCUT2D eigenvalue weighted by molar-refractivity contribution is -0.134. The summed E-state index contributed by atoms with van der Waals surface area (Å²) in [6.45, 7) is 6.97. The molecule has 1 fully saturated rings. The Hall–Kier alpha value is -1.55. The number of amides is 1. The Balaban J connectivity index is 1.79. The summed E-state index contributed by atoms with van der Waals surface area (Å²) >= 11 is 0. The molecule has 0 spiro atoms. The van der Waals surface area contributed by atoms with Crippen LogP contribution >= 0.6 is 0 Å². The molecule has 1 saturated heterocycles. The van der Waals surface area contributed by atoms with Gasteiger partial charge in [0, 0.05) is 13.1 Å². The third-order valence-electron chi connectivity index (χ3n) is 4.52. The molecule has 0 aliphatic carbocycles. The van der Waals surface area contributed by atoms with E-state index in [0.717, 1.165) is 55.3 Å². The van der Waals surface area contributed by atoms with E-state index in [-0.39, 0.29) is 12.5 Å². The molecule has 0 unspecified atom stereocenters. The van der Waals surface area contributed by atoms with Crippen LogP contribution in [0.15, 0.2) is 18.2 Å². The van der Waals surface area contributed by atoms with E-state index in [1.165, 1.54) is 6.42 Å². The Labute approximate surface area is 133 Å². The van der Waals surface area contributed by atoms with E-state index < -0.39 is 0 Å². The van der Waals surface area contributed by atoms with E-state index in [1.54, 1.807) is 0 Å². The smallest absolute Gasteiger partial charge is 0.260 e. The van der Waals surface area contributed by atoms with Crippen LogP contribution in [-0.2, 0) is 4.79 Å². The maximum absolute atomic E-state index is 12.3. The van der Waals surface area contributed by atoms with E-state index in [1.807, 2.05) is 44.0 Å². The van der Waals surface area contributed by atoms with Crippen LogP contribution in [0.3, 0.4) is 0 Å². The molecular weight excluding hydrogens is 276 g/mol. The zero-order valence-corrected chi connectivity index (χ0v) is 14.0. The van der Waals surface area contributed by atoms with Crippen molar-refractivity contribution in [2.75, 3.05) is 33.3 Å². The van der Waals surface area contributed by atoms with Crippen LogP contribution in [0, 0.1) is 19.8 Å². The largest absolute Gasteiger partial charge is 0.483 e. The highest BCUT2D eigenvalue weighted by Crippen LogP contribution is 2.23. The molecule has 122 valence electrons. The third-order valence-corrected chi connectivity index (χ3v) is 4.52. The van der Waals surface area contributed by atoms with Crippen molar-refractivity contribution in [2.45, 2.75) is 33.1 Å². The zero-order chi connectivity index (χ0) is 15.9. The van der Waals surface area contributed by atoms with Crippen LogP contribution in [-0.4, -0.2) is 44.1 Å². The van der Waals surface area contributed by atoms with Crippen LogP contribution < -0.4 is 10.1 Å². The summed E-state index contributed by atoms with van der Waals surface area (Å²) in [5, 5.41) is 3.20. The van der Waals surface area contributed by atoms with Gasteiger partial charge < -0.3 is 15.0 Å². The summed E-state index contributed by atoms with van der Waals surface area (Å²) in [7, 11) is 1.99. The topological polar surface area (TPSA) is 41.6 Å². The fourth-order valence-corrected chi connectivity index (χ4v) is 3.07. The van der Waals surface area contributed by atoms with Crippen molar-refractivity contribution in [3.8, 4) is 5.75 Å². The highest BCUT2D eigenvalue weighted by Gasteiger charge is 2.22. The van der Waals surface area contributed by atoms with Gasteiger partial charge in [-0.3, -0.25) is 4.79 Å². The van der Waals surface area contributed by atoms with Crippen LogP contribution in [0.5, 0.6) is 5.75 Å². The van der Waals surface area contributed by atoms with E-state index in [4.69, 9.17) is 4.74 Å². The summed E-state index contributed by atoms with van der Waals surface area (Å²) < 4.78 is 5.77. The van der Waals surface area contributed by atoms with Crippen LogP contribution in [0.2, 0.25) is 0 Å². The molecule has 1 N–H and O–H groups in total. The summed E-state index contributed by atoms with van der Waals surface area (Å²) in [5.41, 5.74) is 2.16. The SMILES string of the molecule is CNCCC1CCN(C(=O)COc2c(C)cccc2C)CC1.